The standard InChI is InChI=1S/C13H15BrN2.BrH/c1-11(16-9-8-15-10-16)2-3-12-4-6-13(14)7-5-12;/h4-11H,2-3H2,1H3;1H. The summed E-state index contributed by atoms with van der Waals surface area (Å²) in [5.41, 5.74) is 1.39. The predicted octanol–water partition coefficient (Wildman–Crippen LogP) is 0.263. The SMILES string of the molecule is CC(CCc1ccc(Br)cc1)[n+]1cc[nH]c1.[Br-]. The van der Waals surface area contributed by atoms with Crippen molar-refractivity contribution in [2.75, 3.05) is 0 Å². The van der Waals surface area contributed by atoms with Gasteiger partial charge in [0.25, 0.3) is 0 Å². The number of hydrogen-bond donors (Lipinski definition) is 1. The summed E-state index contributed by atoms with van der Waals surface area (Å²) >= 11 is 3.45. The number of aromatic amines is 1. The molecule has 2 nitrogen and oxygen atoms in total. The van der Waals surface area contributed by atoms with E-state index in [0.29, 0.717) is 6.04 Å². The molecule has 1 N–H and O–H groups in total. The van der Waals surface area contributed by atoms with E-state index in [4.69, 9.17) is 0 Å². The van der Waals surface area contributed by atoms with E-state index in [9.17, 15) is 0 Å². The van der Waals surface area contributed by atoms with Crippen LogP contribution < -0.4 is 21.5 Å². The topological polar surface area (TPSA) is 19.7 Å². The molecule has 0 fully saturated rings. The molecule has 0 aliphatic rings. The highest BCUT2D eigenvalue weighted by atomic mass is 79.9. The van der Waals surface area contributed by atoms with Crippen LogP contribution in [0.2, 0.25) is 0 Å². The molecule has 92 valence electrons. The van der Waals surface area contributed by atoms with E-state index in [1.54, 1.807) is 0 Å². The average Bonchev–Trinajstić information content (AvgIpc) is 2.81. The molecule has 1 aromatic carbocycles. The number of benzene rings is 1. The number of aryl methyl sites for hydroxylation is 1. The first-order valence-corrected chi connectivity index (χ1v) is 6.33. The number of rotatable bonds is 4. The molecule has 1 unspecified atom stereocenters. The molecule has 0 aliphatic carbocycles. The van der Waals surface area contributed by atoms with Crippen LogP contribution in [0, 0.1) is 0 Å². The average molecular weight is 360 g/mol. The molecule has 0 saturated heterocycles. The maximum atomic E-state index is 3.45. The molecule has 1 heterocycles. The minimum absolute atomic E-state index is 0. The third-order valence-electron chi connectivity index (χ3n) is 2.84. The fraction of sp³-hybridized carbons (Fsp3) is 0.308. The van der Waals surface area contributed by atoms with Gasteiger partial charge in [-0.15, -0.1) is 0 Å². The lowest BCUT2D eigenvalue weighted by Crippen LogP contribution is -3.00. The number of nitrogens with one attached hydrogen (secondary N) is 1. The van der Waals surface area contributed by atoms with Gasteiger partial charge in [-0.25, -0.2) is 4.57 Å². The largest absolute Gasteiger partial charge is 1.00 e. The number of hydrogen-bond acceptors (Lipinski definition) is 0. The van der Waals surface area contributed by atoms with Crippen LogP contribution in [-0.4, -0.2) is 4.98 Å². The Morgan fingerprint density at radius 2 is 2.00 bits per heavy atom. The fourth-order valence-corrected chi connectivity index (χ4v) is 2.02. The summed E-state index contributed by atoms with van der Waals surface area (Å²) in [6.07, 6.45) is 8.31. The maximum Gasteiger partial charge on any atom is 0.241 e. The van der Waals surface area contributed by atoms with Gasteiger partial charge in [0.05, 0.1) is 6.04 Å². The summed E-state index contributed by atoms with van der Waals surface area (Å²) in [6, 6.07) is 9.10. The van der Waals surface area contributed by atoms with Crippen molar-refractivity contribution in [2.24, 2.45) is 0 Å². The molecule has 1 atom stereocenters. The summed E-state index contributed by atoms with van der Waals surface area (Å²) in [5, 5.41) is 0. The van der Waals surface area contributed by atoms with E-state index in [-0.39, 0.29) is 17.0 Å². The molecule has 0 radical (unpaired) electrons. The zero-order valence-electron chi connectivity index (χ0n) is 9.74. The highest BCUT2D eigenvalue weighted by molar-refractivity contribution is 9.10. The van der Waals surface area contributed by atoms with Crippen molar-refractivity contribution in [1.29, 1.82) is 0 Å². The molecule has 17 heavy (non-hydrogen) atoms. The van der Waals surface area contributed by atoms with E-state index in [0.717, 1.165) is 17.3 Å². The molecule has 0 spiro atoms. The summed E-state index contributed by atoms with van der Waals surface area (Å²) < 4.78 is 3.35. The van der Waals surface area contributed by atoms with Crippen molar-refractivity contribution in [3.63, 3.8) is 0 Å². The van der Waals surface area contributed by atoms with Crippen LogP contribution in [0.4, 0.5) is 0 Å². The first-order valence-electron chi connectivity index (χ1n) is 5.53. The Morgan fingerprint density at radius 1 is 1.29 bits per heavy atom. The predicted molar refractivity (Wildman–Crippen MR) is 68.2 cm³/mol. The minimum atomic E-state index is 0. The molecular formula is C13H16Br2N2. The quantitative estimate of drug-likeness (QED) is 0.756. The maximum absolute atomic E-state index is 3.45. The normalized spacial score (nSPS) is 11.9. The molecule has 0 aliphatic heterocycles. The molecule has 1 aromatic heterocycles. The first-order chi connectivity index (χ1) is 7.75. The van der Waals surface area contributed by atoms with Gasteiger partial charge in [-0.3, -0.25) is 4.98 Å². The van der Waals surface area contributed by atoms with Crippen LogP contribution >= 0.6 is 15.9 Å². The van der Waals surface area contributed by atoms with Crippen molar-refractivity contribution >= 4 is 15.9 Å². The van der Waals surface area contributed by atoms with Crippen LogP contribution in [0.5, 0.6) is 0 Å². The van der Waals surface area contributed by atoms with Gasteiger partial charge in [-0.1, -0.05) is 28.1 Å². The number of imidazole rings is 1. The number of H-pyrrole nitrogens is 1. The minimum Gasteiger partial charge on any atom is -1.00 e. The van der Waals surface area contributed by atoms with Crippen LogP contribution in [0.1, 0.15) is 24.9 Å². The second-order valence-electron chi connectivity index (χ2n) is 4.07. The lowest BCUT2D eigenvalue weighted by molar-refractivity contribution is -0.719. The molecule has 2 rings (SSSR count). The summed E-state index contributed by atoms with van der Waals surface area (Å²) in [7, 11) is 0. The fourth-order valence-electron chi connectivity index (χ4n) is 1.75. The Kier molecular flexibility index (Phi) is 5.92. The third kappa shape index (κ3) is 4.28. The van der Waals surface area contributed by atoms with Gasteiger partial charge in [-0.05, 0) is 37.5 Å². The molecule has 4 heteroatoms. The first kappa shape index (κ1) is 14.5. The lowest BCUT2D eigenvalue weighted by Gasteiger charge is -2.07. The van der Waals surface area contributed by atoms with Gasteiger partial charge in [0.1, 0.15) is 12.4 Å². The van der Waals surface area contributed by atoms with Crippen molar-refractivity contribution in [3.05, 3.63) is 53.0 Å². The Morgan fingerprint density at radius 3 is 2.59 bits per heavy atom. The highest BCUT2D eigenvalue weighted by Gasteiger charge is 2.08. The van der Waals surface area contributed by atoms with E-state index in [1.807, 2.05) is 12.5 Å². The van der Waals surface area contributed by atoms with Gasteiger partial charge in [0, 0.05) is 4.47 Å². The van der Waals surface area contributed by atoms with E-state index in [1.165, 1.54) is 5.56 Å². The Labute approximate surface area is 121 Å². The smallest absolute Gasteiger partial charge is 0.241 e. The second kappa shape index (κ2) is 6.97. The van der Waals surface area contributed by atoms with Crippen molar-refractivity contribution in [3.8, 4) is 0 Å². The number of nitrogens with zero attached hydrogens (tertiary/aromatic N) is 1. The zero-order chi connectivity index (χ0) is 11.4. The van der Waals surface area contributed by atoms with E-state index >= 15 is 0 Å². The van der Waals surface area contributed by atoms with Crippen molar-refractivity contribution in [1.82, 2.24) is 4.98 Å². The summed E-state index contributed by atoms with van der Waals surface area (Å²) in [4.78, 5) is 3.07. The highest BCUT2D eigenvalue weighted by Crippen LogP contribution is 2.13. The van der Waals surface area contributed by atoms with Crippen molar-refractivity contribution < 1.29 is 21.5 Å². The Hall–Kier alpha value is -0.610. The van der Waals surface area contributed by atoms with Gasteiger partial charge < -0.3 is 17.0 Å². The summed E-state index contributed by atoms with van der Waals surface area (Å²) in [5.74, 6) is 0. The monoisotopic (exact) mass is 358 g/mol. The van der Waals surface area contributed by atoms with Crippen LogP contribution in [0.15, 0.2) is 47.5 Å². The Bertz CT molecular complexity index is 423. The lowest BCUT2D eigenvalue weighted by atomic mass is 10.1. The molecule has 2 aromatic rings. The van der Waals surface area contributed by atoms with Gasteiger partial charge >= 0.3 is 0 Å². The third-order valence-corrected chi connectivity index (χ3v) is 3.37. The molecule has 0 bridgehead atoms. The van der Waals surface area contributed by atoms with Crippen LogP contribution in [0.25, 0.3) is 0 Å². The number of aromatic nitrogens is 2. The second-order valence-corrected chi connectivity index (χ2v) is 4.99. The zero-order valence-corrected chi connectivity index (χ0v) is 12.9. The molecule has 0 amide bonds. The van der Waals surface area contributed by atoms with E-state index < -0.39 is 0 Å². The number of halogens is 2. The van der Waals surface area contributed by atoms with Gasteiger partial charge in [0.2, 0.25) is 6.33 Å². The van der Waals surface area contributed by atoms with Crippen molar-refractivity contribution in [2.45, 2.75) is 25.8 Å². The molecule has 0 saturated carbocycles. The Balaban J connectivity index is 0.00000144. The van der Waals surface area contributed by atoms with Crippen LogP contribution in [-0.2, 0) is 6.42 Å². The van der Waals surface area contributed by atoms with Gasteiger partial charge in [0.15, 0.2) is 0 Å². The van der Waals surface area contributed by atoms with Crippen LogP contribution in [0.3, 0.4) is 0 Å². The van der Waals surface area contributed by atoms with E-state index in [2.05, 4.69) is 62.9 Å². The molecular weight excluding hydrogens is 344 g/mol. The summed E-state index contributed by atoms with van der Waals surface area (Å²) in [6.45, 7) is 2.24. The van der Waals surface area contributed by atoms with Gasteiger partial charge in [-0.2, -0.15) is 0 Å².